The summed E-state index contributed by atoms with van der Waals surface area (Å²) in [5.41, 5.74) is 9.43. The van der Waals surface area contributed by atoms with Gasteiger partial charge in [0.25, 0.3) is 6.71 Å². The number of nitrogens with zero attached hydrogens (tertiary/aromatic N) is 5. The quantitative estimate of drug-likeness (QED) is 0.114. The van der Waals surface area contributed by atoms with E-state index >= 15 is 0 Å². The molecule has 2 aliphatic heterocycles. The maximum Gasteiger partial charge on any atom is 0.252 e. The van der Waals surface area contributed by atoms with Crippen molar-refractivity contribution < 1.29 is 35.6 Å². The summed E-state index contributed by atoms with van der Waals surface area (Å²) in [7, 11) is 0. The Morgan fingerprint density at radius 1 is 0.292 bits per heavy atom. The van der Waals surface area contributed by atoms with Crippen molar-refractivity contribution in [1.82, 2.24) is 9.13 Å². The molecule has 0 radical (unpaired) electrons. The van der Waals surface area contributed by atoms with Gasteiger partial charge in [-0.3, -0.25) is 0 Å². The monoisotopic (exact) mass is 1380 g/mol. The minimum Gasteiger partial charge on any atom is -0.311 e. The summed E-state index contributed by atoms with van der Waals surface area (Å²) in [6.45, 7) is 5.28. The molecule has 0 bridgehead atoms. The van der Waals surface area contributed by atoms with Crippen LogP contribution in [0, 0.1) is 0 Å². The summed E-state index contributed by atoms with van der Waals surface area (Å²) in [5.74, 6) is 0. The van der Waals surface area contributed by atoms with Crippen LogP contribution in [-0.2, 0) is 5.41 Å². The predicted octanol–water partition coefficient (Wildman–Crippen LogP) is 25.1. The minimum atomic E-state index is -1.03. The summed E-state index contributed by atoms with van der Waals surface area (Å²) in [6, 6.07) is 53.4. The van der Waals surface area contributed by atoms with E-state index in [2.05, 4.69) is 43.9 Å². The molecule has 2 aromatic heterocycles. The highest BCUT2D eigenvalue weighted by molar-refractivity contribution is 7.00. The van der Waals surface area contributed by atoms with E-state index in [1.807, 2.05) is 169 Å². The lowest BCUT2D eigenvalue weighted by atomic mass is 9.33. The molecule has 20 rings (SSSR count). The van der Waals surface area contributed by atoms with E-state index in [-0.39, 0.29) is 83.2 Å². The van der Waals surface area contributed by atoms with Crippen molar-refractivity contribution in [3.63, 3.8) is 0 Å². The molecule has 0 fully saturated rings. The molecule has 0 N–H and O–H groups in total. The van der Waals surface area contributed by atoms with E-state index in [1.54, 1.807) is 30.3 Å². The molecule has 2 aliphatic rings. The highest BCUT2D eigenvalue weighted by atomic mass is 15.2. The predicted molar refractivity (Wildman–Crippen MR) is 450 cm³/mol. The third kappa shape index (κ3) is 10.4. The van der Waals surface area contributed by atoms with Crippen molar-refractivity contribution in [2.24, 2.45) is 0 Å². The summed E-state index contributed by atoms with van der Waals surface area (Å²) in [4.78, 5) is 5.56. The number of rotatable bonds is 12. The Morgan fingerprint density at radius 3 is 1.22 bits per heavy atom. The van der Waals surface area contributed by atoms with Gasteiger partial charge in [0, 0.05) is 83.9 Å². The lowest BCUT2D eigenvalue weighted by Gasteiger charge is -2.46. The molecular weight excluding hydrogens is 1280 g/mol. The highest BCUT2D eigenvalue weighted by Crippen LogP contribution is 2.54. The highest BCUT2D eigenvalue weighted by Gasteiger charge is 2.46. The summed E-state index contributed by atoms with van der Waals surface area (Å²) in [5, 5.41) is -0.808. The fourth-order valence-corrected chi connectivity index (χ4v) is 15.5. The zero-order valence-electron chi connectivity index (χ0n) is 83.2. The van der Waals surface area contributed by atoms with Gasteiger partial charge in [-0.05, 0) is 193 Å². The lowest BCUT2D eigenvalue weighted by molar-refractivity contribution is 0.591. The topological polar surface area (TPSA) is 19.6 Å². The number of anilines is 9. The van der Waals surface area contributed by atoms with Crippen LogP contribution in [0.3, 0.4) is 0 Å². The first kappa shape index (κ1) is 41.0. The first-order chi connectivity index (χ1) is 63.0. The van der Waals surface area contributed by atoms with Gasteiger partial charge in [0.15, 0.2) is 0 Å². The summed E-state index contributed by atoms with van der Waals surface area (Å²) in [6.07, 6.45) is 0. The van der Waals surface area contributed by atoms with E-state index in [1.165, 1.54) is 26.2 Å². The standard InChI is InChI=1S/C100H72BN5/c1-100(2,3)75-62-86(70-36-16-7-17-37-70)99(87(63-75)71-38-18-8-19-39-71)106-95-64-79(102(76-40-20-9-21-41-76)77-51-53-78(54-52-77)103-90-46-26-22-42-82(90)83-43-23-27-47-91(83)103)55-57-89(95)101-88-56-50-72(67-30-10-4-11-31-67)61-94(88)105(80-59-73(68-32-12-5-13-33-68)58-74(60-80)69-34-14-6-15-35-69)96-65-81(66-97(106)98(96)101)104-92-48-28-24-44-84(92)85-45-25-29-49-93(85)104/h4-66H,1-3H3/i4D,9D,10D,11D,20D,21D,22D,23D,24D,25D,26D,27D,28D,29D,30D,31D,40D,41D,42D,43D,44D,45D,46D,47D,48D,49D. The first-order valence-corrected chi connectivity index (χ1v) is 34.7. The normalized spacial score (nSPS) is 15.9. The third-order valence-corrected chi connectivity index (χ3v) is 20.2. The van der Waals surface area contributed by atoms with E-state index < -0.39 is 169 Å². The van der Waals surface area contributed by atoms with Crippen LogP contribution in [-0.4, -0.2) is 15.8 Å². The van der Waals surface area contributed by atoms with Crippen LogP contribution in [0.2, 0.25) is 0 Å². The Bertz CT molecular complexity index is 7760. The number of aromatic nitrogens is 2. The molecule has 0 spiro atoms. The fraction of sp³-hybridized carbons (Fsp3) is 0.0400. The summed E-state index contributed by atoms with van der Waals surface area (Å²) >= 11 is 0. The maximum absolute atomic E-state index is 10.2. The molecule has 6 heteroatoms. The minimum absolute atomic E-state index is 0.0731. The molecule has 0 saturated heterocycles. The number of hydrogen-bond acceptors (Lipinski definition) is 3. The average Bonchev–Trinajstić information content (AvgIpc) is 1.38. The third-order valence-electron chi connectivity index (χ3n) is 20.2. The second kappa shape index (κ2) is 25.2. The molecule has 0 atom stereocenters. The number of para-hydroxylation sites is 5. The second-order valence-corrected chi connectivity index (χ2v) is 27.3. The molecule has 0 unspecified atom stereocenters. The molecule has 106 heavy (non-hydrogen) atoms. The van der Waals surface area contributed by atoms with Gasteiger partial charge in [0.05, 0.1) is 69.1 Å². The van der Waals surface area contributed by atoms with Crippen LogP contribution in [0.25, 0.3) is 111 Å². The molecular formula is C100H72BN5. The Balaban J connectivity index is 0.988. The fourth-order valence-electron chi connectivity index (χ4n) is 15.5. The van der Waals surface area contributed by atoms with Crippen LogP contribution in [0.4, 0.5) is 51.2 Å². The molecule has 5 nitrogen and oxygen atoms in total. The van der Waals surface area contributed by atoms with Crippen LogP contribution >= 0.6 is 0 Å². The average molecular weight is 1380 g/mol. The SMILES string of the molecule is [2H]c1c([2H])c([2H])c(-c2ccc3c(c2)N(c2cc(-c4ccccc4)cc(-c4ccccc4)c2)c2cc(-n4c5c([2H])c([2H])c([2H])c([2H])c5c5c([2H])c([2H])c([2H])c([2H])c54)cc4c2B3c2ccc(N(c3ccc(-n5c6c([2H])c([2H])c([2H])c([2H])c6c6c([2H])c([2H])c([2H])c([2H])c65)cc3)c3c([2H])c([2H])c([2H])c([2H])c3[2H])cc2N4c2c(-c3ccccc3)cc(C(C)(C)C)cc2-c2ccccc2)c([2H])c1[2H]. The number of fused-ring (bicyclic) bond motifs is 10. The smallest absolute Gasteiger partial charge is 0.252 e. The molecule has 0 aliphatic carbocycles. The van der Waals surface area contributed by atoms with Crippen molar-refractivity contribution in [3.05, 3.63) is 387 Å². The Labute approximate surface area is 655 Å². The van der Waals surface area contributed by atoms with E-state index in [0.29, 0.717) is 72.8 Å². The van der Waals surface area contributed by atoms with Gasteiger partial charge in [-0.25, -0.2) is 0 Å². The Hall–Kier alpha value is -13.4. The van der Waals surface area contributed by atoms with Crippen molar-refractivity contribution in [2.75, 3.05) is 14.7 Å². The van der Waals surface area contributed by atoms with Crippen molar-refractivity contribution in [1.29, 1.82) is 0 Å². The Kier molecular flexibility index (Phi) is 9.76. The van der Waals surface area contributed by atoms with Crippen LogP contribution in [0.15, 0.2) is 382 Å². The zero-order valence-corrected chi connectivity index (χ0v) is 57.2. The van der Waals surface area contributed by atoms with Crippen molar-refractivity contribution in [3.8, 4) is 67.0 Å². The molecule has 500 valence electrons. The lowest BCUT2D eigenvalue weighted by Crippen LogP contribution is -2.61. The van der Waals surface area contributed by atoms with Gasteiger partial charge in [-0.1, -0.05) is 281 Å². The first-order valence-electron chi connectivity index (χ1n) is 47.7. The molecule has 4 heterocycles. The van der Waals surface area contributed by atoms with Gasteiger partial charge in [-0.2, -0.15) is 0 Å². The molecule has 0 amide bonds. The van der Waals surface area contributed by atoms with Crippen LogP contribution < -0.4 is 31.1 Å². The van der Waals surface area contributed by atoms with Gasteiger partial charge in [0.1, 0.15) is 0 Å². The van der Waals surface area contributed by atoms with Gasteiger partial charge in [-0.15, -0.1) is 0 Å². The molecule has 18 aromatic rings. The molecule has 0 saturated carbocycles. The zero-order chi connectivity index (χ0) is 93.2. The molecule has 16 aromatic carbocycles. The van der Waals surface area contributed by atoms with Gasteiger partial charge < -0.3 is 23.8 Å². The van der Waals surface area contributed by atoms with Crippen LogP contribution in [0.1, 0.15) is 62.0 Å². The maximum atomic E-state index is 10.2. The Morgan fingerprint density at radius 2 is 0.717 bits per heavy atom. The number of benzene rings is 16. The summed E-state index contributed by atoms with van der Waals surface area (Å²) < 4.78 is 248. The van der Waals surface area contributed by atoms with E-state index in [4.69, 9.17) is 11.0 Å². The second-order valence-electron chi connectivity index (χ2n) is 27.3. The van der Waals surface area contributed by atoms with Gasteiger partial charge >= 0.3 is 0 Å². The van der Waals surface area contributed by atoms with Crippen molar-refractivity contribution in [2.45, 2.75) is 26.2 Å². The van der Waals surface area contributed by atoms with E-state index in [9.17, 15) is 24.7 Å². The van der Waals surface area contributed by atoms with Gasteiger partial charge in [0.2, 0.25) is 0 Å². The van der Waals surface area contributed by atoms with Crippen molar-refractivity contribution >= 4 is 118 Å². The van der Waals surface area contributed by atoms with E-state index in [0.717, 1.165) is 27.8 Å². The number of hydrogen-bond donors (Lipinski definition) is 0. The largest absolute Gasteiger partial charge is 0.311 e. The van der Waals surface area contributed by atoms with Crippen LogP contribution in [0.5, 0.6) is 0 Å².